The number of anilines is 1. The van der Waals surface area contributed by atoms with E-state index in [0.717, 1.165) is 17.1 Å². The highest BCUT2D eigenvalue weighted by Gasteiger charge is 2.01. The number of thioether (sulfide) groups is 1. The molecule has 0 atom stereocenters. The quantitative estimate of drug-likeness (QED) is 0.807. The maximum Gasteiger partial charge on any atom is 0.129 e. The van der Waals surface area contributed by atoms with Crippen LogP contribution in [0.1, 0.15) is 0 Å². The molecule has 0 amide bonds. The van der Waals surface area contributed by atoms with E-state index in [0.29, 0.717) is 13.1 Å². The van der Waals surface area contributed by atoms with Crippen LogP contribution in [0, 0.1) is 0 Å². The Morgan fingerprint density at radius 2 is 2.00 bits per heavy atom. The van der Waals surface area contributed by atoms with Crippen LogP contribution in [0.25, 0.3) is 11.3 Å². The van der Waals surface area contributed by atoms with Crippen molar-refractivity contribution in [3.05, 3.63) is 36.7 Å². The normalized spacial score (nSPS) is 10.3. The molecular formula is C13H16N4S. The first-order valence-corrected chi connectivity index (χ1v) is 6.96. The first-order valence-electron chi connectivity index (χ1n) is 5.74. The van der Waals surface area contributed by atoms with Crippen LogP contribution in [0.4, 0.5) is 5.82 Å². The molecule has 0 aliphatic heterocycles. The average molecular weight is 260 g/mol. The molecule has 1 heterocycles. The molecule has 0 aliphatic carbocycles. The highest BCUT2D eigenvalue weighted by molar-refractivity contribution is 7.98. The molecule has 5 heteroatoms. The second kappa shape index (κ2) is 6.37. The zero-order valence-corrected chi connectivity index (χ0v) is 11.1. The smallest absolute Gasteiger partial charge is 0.129 e. The Morgan fingerprint density at radius 3 is 2.67 bits per heavy atom. The molecule has 0 saturated heterocycles. The lowest BCUT2D eigenvalue weighted by Crippen LogP contribution is -2.13. The molecule has 94 valence electrons. The van der Waals surface area contributed by atoms with Gasteiger partial charge in [-0.2, -0.15) is 0 Å². The van der Waals surface area contributed by atoms with Crippen molar-refractivity contribution in [3.63, 3.8) is 0 Å². The van der Waals surface area contributed by atoms with E-state index in [2.05, 4.69) is 45.8 Å². The highest BCUT2D eigenvalue weighted by Crippen LogP contribution is 2.22. The Balaban J connectivity index is 2.20. The number of hydrogen-bond donors (Lipinski definition) is 2. The summed E-state index contributed by atoms with van der Waals surface area (Å²) in [5, 5.41) is 3.15. The SMILES string of the molecule is CSc1ccc(-c2cc(NCCN)ncn2)cc1. The molecule has 1 aromatic heterocycles. The van der Waals surface area contributed by atoms with Crippen molar-refractivity contribution in [2.45, 2.75) is 4.90 Å². The third-order valence-electron chi connectivity index (χ3n) is 2.50. The summed E-state index contributed by atoms with van der Waals surface area (Å²) in [6.07, 6.45) is 3.63. The van der Waals surface area contributed by atoms with Gasteiger partial charge in [0.15, 0.2) is 0 Å². The Kier molecular flexibility index (Phi) is 4.55. The van der Waals surface area contributed by atoms with Gasteiger partial charge < -0.3 is 11.1 Å². The zero-order chi connectivity index (χ0) is 12.8. The molecule has 4 nitrogen and oxygen atoms in total. The van der Waals surface area contributed by atoms with Gasteiger partial charge in [-0.1, -0.05) is 12.1 Å². The van der Waals surface area contributed by atoms with Gasteiger partial charge in [0.25, 0.3) is 0 Å². The van der Waals surface area contributed by atoms with Crippen molar-refractivity contribution < 1.29 is 0 Å². The molecule has 18 heavy (non-hydrogen) atoms. The summed E-state index contributed by atoms with van der Waals surface area (Å²) >= 11 is 1.73. The number of nitrogens with two attached hydrogens (primary N) is 1. The topological polar surface area (TPSA) is 63.8 Å². The predicted octanol–water partition coefficient (Wildman–Crippen LogP) is 2.24. The second-order valence-corrected chi connectivity index (χ2v) is 4.61. The van der Waals surface area contributed by atoms with E-state index in [1.54, 1.807) is 18.1 Å². The van der Waals surface area contributed by atoms with Crippen LogP contribution in [-0.2, 0) is 0 Å². The lowest BCUT2D eigenvalue weighted by atomic mass is 10.1. The minimum Gasteiger partial charge on any atom is -0.369 e. The Bertz CT molecular complexity index is 499. The maximum atomic E-state index is 5.45. The van der Waals surface area contributed by atoms with Crippen molar-refractivity contribution in [2.24, 2.45) is 5.73 Å². The molecule has 0 fully saturated rings. The first kappa shape index (κ1) is 12.9. The summed E-state index contributed by atoms with van der Waals surface area (Å²) in [5.74, 6) is 0.805. The van der Waals surface area contributed by atoms with Crippen molar-refractivity contribution in [3.8, 4) is 11.3 Å². The van der Waals surface area contributed by atoms with E-state index >= 15 is 0 Å². The standard InChI is InChI=1S/C13H16N4S/c1-18-11-4-2-10(3-5-11)12-8-13(15-7-6-14)17-9-16-12/h2-5,8-9H,6-7,14H2,1H3,(H,15,16,17). The lowest BCUT2D eigenvalue weighted by Gasteiger charge is -2.06. The van der Waals surface area contributed by atoms with Crippen LogP contribution in [0.3, 0.4) is 0 Å². The molecular weight excluding hydrogens is 244 g/mol. The number of rotatable bonds is 5. The van der Waals surface area contributed by atoms with Gasteiger partial charge in [0.2, 0.25) is 0 Å². The molecule has 0 unspecified atom stereocenters. The molecule has 2 aromatic rings. The van der Waals surface area contributed by atoms with Crippen molar-refractivity contribution in [1.82, 2.24) is 9.97 Å². The minimum atomic E-state index is 0.585. The van der Waals surface area contributed by atoms with Gasteiger partial charge in [0, 0.05) is 29.6 Å². The van der Waals surface area contributed by atoms with E-state index < -0.39 is 0 Å². The number of nitrogens with one attached hydrogen (secondary N) is 1. The second-order valence-electron chi connectivity index (χ2n) is 3.73. The van der Waals surface area contributed by atoms with E-state index in [4.69, 9.17) is 5.73 Å². The van der Waals surface area contributed by atoms with Gasteiger partial charge in [-0.05, 0) is 18.4 Å². The van der Waals surface area contributed by atoms with Crippen molar-refractivity contribution in [1.29, 1.82) is 0 Å². The maximum absolute atomic E-state index is 5.45. The van der Waals surface area contributed by atoms with Gasteiger partial charge in [0.05, 0.1) is 5.69 Å². The summed E-state index contributed by atoms with van der Waals surface area (Å²) in [5.41, 5.74) is 7.45. The first-order chi connectivity index (χ1) is 8.83. The zero-order valence-electron chi connectivity index (χ0n) is 10.3. The molecule has 3 N–H and O–H groups in total. The van der Waals surface area contributed by atoms with Crippen LogP contribution in [-0.4, -0.2) is 29.3 Å². The van der Waals surface area contributed by atoms with Crippen LogP contribution in [0.15, 0.2) is 41.6 Å². The van der Waals surface area contributed by atoms with E-state index in [1.807, 2.05) is 6.07 Å². The molecule has 0 saturated carbocycles. The molecule has 1 aromatic carbocycles. The summed E-state index contributed by atoms with van der Waals surface area (Å²) in [6, 6.07) is 10.3. The molecule has 0 radical (unpaired) electrons. The van der Waals surface area contributed by atoms with Gasteiger partial charge in [-0.15, -0.1) is 11.8 Å². The number of benzene rings is 1. The Hall–Kier alpha value is -1.59. The molecule has 0 aliphatic rings. The highest BCUT2D eigenvalue weighted by atomic mass is 32.2. The van der Waals surface area contributed by atoms with Crippen molar-refractivity contribution in [2.75, 3.05) is 24.7 Å². The summed E-state index contributed by atoms with van der Waals surface area (Å²) in [7, 11) is 0. The van der Waals surface area contributed by atoms with Gasteiger partial charge >= 0.3 is 0 Å². The third kappa shape index (κ3) is 3.21. The van der Waals surface area contributed by atoms with E-state index in [-0.39, 0.29) is 0 Å². The average Bonchev–Trinajstić information content (AvgIpc) is 2.45. The third-order valence-corrected chi connectivity index (χ3v) is 3.25. The fourth-order valence-electron chi connectivity index (χ4n) is 1.57. The summed E-state index contributed by atoms with van der Waals surface area (Å²) in [4.78, 5) is 9.68. The van der Waals surface area contributed by atoms with E-state index in [1.165, 1.54) is 4.90 Å². The number of nitrogens with zero attached hydrogens (tertiary/aromatic N) is 2. The summed E-state index contributed by atoms with van der Waals surface area (Å²) < 4.78 is 0. The predicted molar refractivity (Wildman–Crippen MR) is 76.8 cm³/mol. The Labute approximate surface area is 111 Å². The van der Waals surface area contributed by atoms with Gasteiger partial charge in [-0.25, -0.2) is 9.97 Å². The van der Waals surface area contributed by atoms with E-state index in [9.17, 15) is 0 Å². The Morgan fingerprint density at radius 1 is 1.22 bits per heavy atom. The van der Waals surface area contributed by atoms with Crippen LogP contribution in [0.5, 0.6) is 0 Å². The fraction of sp³-hybridized carbons (Fsp3) is 0.231. The number of aromatic nitrogens is 2. The monoisotopic (exact) mass is 260 g/mol. The largest absolute Gasteiger partial charge is 0.369 e. The molecule has 0 spiro atoms. The minimum absolute atomic E-state index is 0.585. The lowest BCUT2D eigenvalue weighted by molar-refractivity contribution is 1.00. The van der Waals surface area contributed by atoms with Gasteiger partial charge in [0.1, 0.15) is 12.1 Å². The summed E-state index contributed by atoms with van der Waals surface area (Å²) in [6.45, 7) is 1.30. The van der Waals surface area contributed by atoms with Crippen LogP contribution < -0.4 is 11.1 Å². The molecule has 2 rings (SSSR count). The van der Waals surface area contributed by atoms with Crippen molar-refractivity contribution >= 4 is 17.6 Å². The number of hydrogen-bond acceptors (Lipinski definition) is 5. The fourth-order valence-corrected chi connectivity index (χ4v) is 1.98. The molecule has 0 bridgehead atoms. The van der Waals surface area contributed by atoms with Crippen LogP contribution in [0.2, 0.25) is 0 Å². The van der Waals surface area contributed by atoms with Gasteiger partial charge in [-0.3, -0.25) is 0 Å². The van der Waals surface area contributed by atoms with Crippen LogP contribution >= 0.6 is 11.8 Å².